The van der Waals surface area contributed by atoms with Crippen LogP contribution in [0.15, 0.2) is 24.4 Å². The lowest BCUT2D eigenvalue weighted by molar-refractivity contribution is -0.118. The van der Waals surface area contributed by atoms with Crippen molar-refractivity contribution in [2.75, 3.05) is 49.6 Å². The van der Waals surface area contributed by atoms with Gasteiger partial charge in [0.25, 0.3) is 0 Å². The highest BCUT2D eigenvalue weighted by Crippen LogP contribution is 2.44. The minimum absolute atomic E-state index is 0.143. The Balaban J connectivity index is 1.30. The van der Waals surface area contributed by atoms with E-state index in [-0.39, 0.29) is 13.0 Å². The van der Waals surface area contributed by atoms with E-state index in [0.29, 0.717) is 43.6 Å². The van der Waals surface area contributed by atoms with E-state index < -0.39 is 35.9 Å². The molecule has 5 rings (SSSR count). The Kier molecular flexibility index (Phi) is 5.91. The Morgan fingerprint density at radius 1 is 1.24 bits per heavy atom. The molecule has 178 valence electrons. The molecule has 0 spiro atoms. The molecule has 1 aromatic carbocycles. The zero-order chi connectivity index (χ0) is 23.3. The molecule has 3 aliphatic rings. The number of aromatic nitrogens is 1. The van der Waals surface area contributed by atoms with Crippen LogP contribution in [0.4, 0.5) is 24.7 Å². The summed E-state index contributed by atoms with van der Waals surface area (Å²) < 4.78 is 45.2. The van der Waals surface area contributed by atoms with E-state index in [1.54, 1.807) is 12.3 Å². The van der Waals surface area contributed by atoms with E-state index >= 15 is 0 Å². The lowest BCUT2D eigenvalue weighted by Gasteiger charge is -2.44. The highest BCUT2D eigenvalue weighted by atomic mass is 35.5. The van der Waals surface area contributed by atoms with Crippen LogP contribution in [0.2, 0.25) is 5.02 Å². The summed E-state index contributed by atoms with van der Waals surface area (Å²) in [5.41, 5.74) is 0.264. The number of pyridine rings is 1. The number of ether oxygens (including phenoxy) is 1. The molecule has 6 nitrogen and oxygen atoms in total. The summed E-state index contributed by atoms with van der Waals surface area (Å²) in [6.45, 7) is 5.22. The molecule has 0 radical (unpaired) electrons. The summed E-state index contributed by atoms with van der Waals surface area (Å²) in [5.74, 6) is -1.61. The summed E-state index contributed by atoms with van der Waals surface area (Å²) in [5, 5.41) is 4.89. The second-order valence-electron chi connectivity index (χ2n) is 9.36. The SMILES string of the molecule is C[C@]1(N2CCN(c3cc4cc(NC(=O)[C@H]5C[C@@H]5C(F)F)ncc4cc3Cl)CC2)COC[C@H]1F. The number of rotatable bonds is 5. The average Bonchev–Trinajstić information content (AvgIpc) is 3.54. The Hall–Kier alpha value is -2.10. The van der Waals surface area contributed by atoms with Gasteiger partial charge in [-0.3, -0.25) is 9.69 Å². The number of alkyl halides is 3. The molecule has 10 heteroatoms. The molecule has 1 N–H and O–H groups in total. The van der Waals surface area contributed by atoms with Crippen LogP contribution < -0.4 is 10.2 Å². The van der Waals surface area contributed by atoms with Crippen molar-refractivity contribution >= 4 is 39.8 Å². The topological polar surface area (TPSA) is 57.7 Å². The summed E-state index contributed by atoms with van der Waals surface area (Å²) in [6, 6.07) is 5.50. The Labute approximate surface area is 195 Å². The Morgan fingerprint density at radius 3 is 2.64 bits per heavy atom. The minimum Gasteiger partial charge on any atom is -0.376 e. The lowest BCUT2D eigenvalue weighted by Crippen LogP contribution is -2.59. The van der Waals surface area contributed by atoms with Gasteiger partial charge in [-0.05, 0) is 36.9 Å². The first-order valence-electron chi connectivity index (χ1n) is 11.2. The van der Waals surface area contributed by atoms with Crippen LogP contribution in [-0.2, 0) is 9.53 Å². The maximum atomic E-state index is 14.4. The third-order valence-corrected chi connectivity index (χ3v) is 7.52. The molecule has 4 atom stereocenters. The smallest absolute Gasteiger partial charge is 0.242 e. The summed E-state index contributed by atoms with van der Waals surface area (Å²) >= 11 is 6.57. The molecular formula is C23H26ClF3N4O2. The number of carbonyl (C=O) groups is 1. The zero-order valence-electron chi connectivity index (χ0n) is 18.2. The second-order valence-corrected chi connectivity index (χ2v) is 9.77. The Bertz CT molecular complexity index is 1070. The van der Waals surface area contributed by atoms with E-state index in [1.807, 2.05) is 19.1 Å². The monoisotopic (exact) mass is 482 g/mol. The summed E-state index contributed by atoms with van der Waals surface area (Å²) in [7, 11) is 0. The van der Waals surface area contributed by atoms with E-state index in [9.17, 15) is 18.0 Å². The Morgan fingerprint density at radius 2 is 2.00 bits per heavy atom. The average molecular weight is 483 g/mol. The number of carbonyl (C=O) groups excluding carboxylic acids is 1. The van der Waals surface area contributed by atoms with Gasteiger partial charge in [0, 0.05) is 49.6 Å². The van der Waals surface area contributed by atoms with E-state index in [1.165, 1.54) is 0 Å². The molecule has 1 aliphatic carbocycles. The third kappa shape index (κ3) is 4.26. The number of hydrogen-bond acceptors (Lipinski definition) is 5. The fourth-order valence-electron chi connectivity index (χ4n) is 4.86. The van der Waals surface area contributed by atoms with Crippen molar-refractivity contribution < 1.29 is 22.7 Å². The van der Waals surface area contributed by atoms with Crippen molar-refractivity contribution in [3.05, 3.63) is 29.4 Å². The van der Waals surface area contributed by atoms with Crippen LogP contribution >= 0.6 is 11.6 Å². The largest absolute Gasteiger partial charge is 0.376 e. The van der Waals surface area contributed by atoms with Gasteiger partial charge in [0.2, 0.25) is 12.3 Å². The van der Waals surface area contributed by atoms with Crippen molar-refractivity contribution in [2.24, 2.45) is 11.8 Å². The first-order chi connectivity index (χ1) is 15.8. The number of halogens is 4. The molecule has 0 bridgehead atoms. The number of piperazine rings is 1. The molecule has 1 aromatic heterocycles. The molecule has 3 heterocycles. The van der Waals surface area contributed by atoms with E-state index in [2.05, 4.69) is 20.1 Å². The number of amides is 1. The zero-order valence-corrected chi connectivity index (χ0v) is 19.0. The van der Waals surface area contributed by atoms with Gasteiger partial charge in [-0.2, -0.15) is 0 Å². The van der Waals surface area contributed by atoms with Crippen molar-refractivity contribution in [1.82, 2.24) is 9.88 Å². The number of hydrogen-bond donors (Lipinski definition) is 1. The molecular weight excluding hydrogens is 457 g/mol. The van der Waals surface area contributed by atoms with Crippen LogP contribution in [0.5, 0.6) is 0 Å². The molecule has 2 saturated heterocycles. The first kappa shape index (κ1) is 22.7. The normalized spacial score (nSPS) is 30.2. The highest BCUT2D eigenvalue weighted by Gasteiger charge is 2.49. The maximum absolute atomic E-state index is 14.4. The standard InChI is InChI=1S/C23H26ClF3N4O2/c1-23(12-33-11-19(23)25)31-4-2-30(3-5-31)18-7-13-8-20(28-10-14(13)6-17(18)24)29-22(32)16-9-15(16)21(26)27/h6-8,10,15-16,19,21H,2-5,9,11-12H2,1H3,(H,28,29,32)/t15-,16-,19+,23-/m0/s1. The van der Waals surface area contributed by atoms with Crippen molar-refractivity contribution in [3.63, 3.8) is 0 Å². The van der Waals surface area contributed by atoms with Gasteiger partial charge in [-0.25, -0.2) is 18.2 Å². The lowest BCUT2D eigenvalue weighted by atomic mass is 9.96. The van der Waals surface area contributed by atoms with E-state index in [4.69, 9.17) is 16.3 Å². The molecule has 2 aliphatic heterocycles. The predicted molar refractivity (Wildman–Crippen MR) is 121 cm³/mol. The second kappa shape index (κ2) is 8.60. The van der Waals surface area contributed by atoms with Gasteiger partial charge in [-0.15, -0.1) is 0 Å². The predicted octanol–water partition coefficient (Wildman–Crippen LogP) is 3.98. The molecule has 1 saturated carbocycles. The van der Waals surface area contributed by atoms with Crippen molar-refractivity contribution in [1.29, 1.82) is 0 Å². The minimum atomic E-state index is -2.48. The number of fused-ring (bicyclic) bond motifs is 1. The number of anilines is 2. The van der Waals surface area contributed by atoms with Gasteiger partial charge in [0.05, 0.1) is 29.5 Å². The third-order valence-electron chi connectivity index (χ3n) is 7.21. The van der Waals surface area contributed by atoms with Crippen LogP contribution in [0.3, 0.4) is 0 Å². The summed E-state index contributed by atoms with van der Waals surface area (Å²) in [4.78, 5) is 20.8. The van der Waals surface area contributed by atoms with Gasteiger partial charge in [-0.1, -0.05) is 11.6 Å². The fourth-order valence-corrected chi connectivity index (χ4v) is 5.16. The molecule has 0 unspecified atom stereocenters. The highest BCUT2D eigenvalue weighted by molar-refractivity contribution is 6.34. The van der Waals surface area contributed by atoms with Crippen LogP contribution in [0, 0.1) is 11.8 Å². The van der Waals surface area contributed by atoms with Crippen LogP contribution in [0.25, 0.3) is 10.8 Å². The summed E-state index contributed by atoms with van der Waals surface area (Å²) in [6.07, 6.45) is -1.66. The molecule has 33 heavy (non-hydrogen) atoms. The fraction of sp³-hybridized carbons (Fsp3) is 0.565. The van der Waals surface area contributed by atoms with Crippen molar-refractivity contribution in [2.45, 2.75) is 31.5 Å². The number of benzene rings is 1. The van der Waals surface area contributed by atoms with Gasteiger partial charge < -0.3 is 15.0 Å². The first-order valence-corrected chi connectivity index (χ1v) is 11.5. The van der Waals surface area contributed by atoms with Crippen molar-refractivity contribution in [3.8, 4) is 0 Å². The molecule has 2 aromatic rings. The van der Waals surface area contributed by atoms with E-state index in [0.717, 1.165) is 16.5 Å². The van der Waals surface area contributed by atoms with Crippen LogP contribution in [-0.4, -0.2) is 73.3 Å². The number of nitrogens with zero attached hydrogens (tertiary/aromatic N) is 3. The van der Waals surface area contributed by atoms with Crippen LogP contribution in [0.1, 0.15) is 13.3 Å². The molecule has 1 amide bonds. The maximum Gasteiger partial charge on any atom is 0.242 e. The number of nitrogens with one attached hydrogen (secondary N) is 1. The van der Waals surface area contributed by atoms with Gasteiger partial charge in [0.1, 0.15) is 12.0 Å². The molecule has 3 fully saturated rings. The van der Waals surface area contributed by atoms with Gasteiger partial charge in [0.15, 0.2) is 0 Å². The quantitative estimate of drug-likeness (QED) is 0.698. The van der Waals surface area contributed by atoms with Gasteiger partial charge >= 0.3 is 0 Å².